The summed E-state index contributed by atoms with van der Waals surface area (Å²) in [6, 6.07) is 13.2. The molecular formula is C20H14N2O4. The van der Waals surface area contributed by atoms with Gasteiger partial charge in [0.15, 0.2) is 0 Å². The Morgan fingerprint density at radius 2 is 1.69 bits per heavy atom. The fourth-order valence-corrected chi connectivity index (χ4v) is 3.98. The zero-order chi connectivity index (χ0) is 18.0. The van der Waals surface area contributed by atoms with Crippen LogP contribution in [0.3, 0.4) is 0 Å². The molecule has 128 valence electrons. The SMILES string of the molecule is O=C(O)[C@@H]1Cc2c([nH]c3ccccc23)-c2c(O)c3ccccc3c(=O)n21. The summed E-state index contributed by atoms with van der Waals surface area (Å²) in [5, 5.41) is 22.3. The molecule has 0 bridgehead atoms. The van der Waals surface area contributed by atoms with Gasteiger partial charge in [-0.25, -0.2) is 4.79 Å². The van der Waals surface area contributed by atoms with Crippen molar-refractivity contribution in [1.29, 1.82) is 0 Å². The van der Waals surface area contributed by atoms with Crippen molar-refractivity contribution in [3.8, 4) is 17.1 Å². The Morgan fingerprint density at radius 3 is 2.42 bits per heavy atom. The molecule has 0 aliphatic carbocycles. The zero-order valence-corrected chi connectivity index (χ0v) is 13.6. The van der Waals surface area contributed by atoms with Crippen molar-refractivity contribution in [2.75, 3.05) is 0 Å². The van der Waals surface area contributed by atoms with Gasteiger partial charge in [-0.1, -0.05) is 36.4 Å². The maximum atomic E-state index is 13.0. The molecule has 6 heteroatoms. The first-order valence-electron chi connectivity index (χ1n) is 8.27. The number of carboxylic acids is 1. The highest BCUT2D eigenvalue weighted by molar-refractivity contribution is 5.98. The molecule has 2 aromatic heterocycles. The van der Waals surface area contributed by atoms with E-state index in [1.165, 1.54) is 4.57 Å². The molecule has 26 heavy (non-hydrogen) atoms. The Labute approximate surface area is 146 Å². The van der Waals surface area contributed by atoms with Crippen LogP contribution in [-0.4, -0.2) is 25.7 Å². The van der Waals surface area contributed by atoms with Crippen LogP contribution in [0.4, 0.5) is 0 Å². The monoisotopic (exact) mass is 346 g/mol. The van der Waals surface area contributed by atoms with Crippen molar-refractivity contribution < 1.29 is 15.0 Å². The summed E-state index contributed by atoms with van der Waals surface area (Å²) in [4.78, 5) is 28.2. The van der Waals surface area contributed by atoms with Crippen LogP contribution >= 0.6 is 0 Å². The maximum Gasteiger partial charge on any atom is 0.327 e. The molecule has 0 radical (unpaired) electrons. The minimum absolute atomic E-state index is 0.0843. The van der Waals surface area contributed by atoms with Crippen LogP contribution in [0.1, 0.15) is 11.6 Å². The van der Waals surface area contributed by atoms with E-state index in [0.717, 1.165) is 16.5 Å². The van der Waals surface area contributed by atoms with Gasteiger partial charge in [-0.05, 0) is 17.7 Å². The van der Waals surface area contributed by atoms with Crippen molar-refractivity contribution in [2.24, 2.45) is 0 Å². The quantitative estimate of drug-likeness (QED) is 0.494. The van der Waals surface area contributed by atoms with Crippen LogP contribution in [0.2, 0.25) is 0 Å². The van der Waals surface area contributed by atoms with E-state index in [0.29, 0.717) is 16.5 Å². The lowest BCUT2D eigenvalue weighted by Gasteiger charge is -2.26. The number of nitrogens with one attached hydrogen (secondary N) is 1. The number of aromatic amines is 1. The minimum Gasteiger partial charge on any atom is -0.505 e. The van der Waals surface area contributed by atoms with E-state index < -0.39 is 17.6 Å². The smallest absolute Gasteiger partial charge is 0.327 e. The molecule has 1 aliphatic heterocycles. The highest BCUT2D eigenvalue weighted by Crippen LogP contribution is 2.43. The second-order valence-electron chi connectivity index (χ2n) is 6.50. The second-order valence-corrected chi connectivity index (χ2v) is 6.50. The predicted octanol–water partition coefficient (Wildman–Crippen LogP) is 3.04. The van der Waals surface area contributed by atoms with E-state index >= 15 is 0 Å². The number of pyridine rings is 1. The van der Waals surface area contributed by atoms with Crippen molar-refractivity contribution in [3.63, 3.8) is 0 Å². The third-order valence-electron chi connectivity index (χ3n) is 5.14. The number of hydrogen-bond acceptors (Lipinski definition) is 3. The average Bonchev–Trinajstić information content (AvgIpc) is 3.03. The summed E-state index contributed by atoms with van der Waals surface area (Å²) < 4.78 is 1.21. The molecular weight excluding hydrogens is 332 g/mol. The van der Waals surface area contributed by atoms with Gasteiger partial charge in [0.05, 0.1) is 11.1 Å². The highest BCUT2D eigenvalue weighted by atomic mass is 16.4. The van der Waals surface area contributed by atoms with E-state index in [9.17, 15) is 19.8 Å². The number of carbonyl (C=O) groups is 1. The maximum absolute atomic E-state index is 13.0. The van der Waals surface area contributed by atoms with Crippen molar-refractivity contribution in [1.82, 2.24) is 9.55 Å². The van der Waals surface area contributed by atoms with Crippen LogP contribution in [-0.2, 0) is 11.2 Å². The van der Waals surface area contributed by atoms with Gasteiger partial charge < -0.3 is 15.2 Å². The molecule has 3 N–H and O–H groups in total. The Morgan fingerprint density at radius 1 is 1.04 bits per heavy atom. The zero-order valence-electron chi connectivity index (χ0n) is 13.6. The van der Waals surface area contributed by atoms with Gasteiger partial charge in [0.25, 0.3) is 5.56 Å². The lowest BCUT2D eigenvalue weighted by molar-refractivity contribution is -0.141. The first kappa shape index (κ1) is 14.8. The Kier molecular flexibility index (Phi) is 2.83. The summed E-state index contributed by atoms with van der Waals surface area (Å²) >= 11 is 0. The molecule has 0 amide bonds. The summed E-state index contributed by atoms with van der Waals surface area (Å²) in [5.74, 6) is -1.18. The molecule has 0 spiro atoms. The summed E-state index contributed by atoms with van der Waals surface area (Å²) in [7, 11) is 0. The summed E-state index contributed by atoms with van der Waals surface area (Å²) in [5.41, 5.74) is 2.07. The molecule has 4 aromatic rings. The van der Waals surface area contributed by atoms with Gasteiger partial charge in [-0.15, -0.1) is 0 Å². The topological polar surface area (TPSA) is 95.3 Å². The van der Waals surface area contributed by atoms with Gasteiger partial charge in [0, 0.05) is 22.7 Å². The van der Waals surface area contributed by atoms with Crippen molar-refractivity contribution >= 4 is 27.6 Å². The Bertz CT molecular complexity index is 1280. The molecule has 0 unspecified atom stereocenters. The van der Waals surface area contributed by atoms with E-state index in [2.05, 4.69) is 4.98 Å². The van der Waals surface area contributed by atoms with E-state index in [4.69, 9.17) is 0 Å². The number of benzene rings is 2. The van der Waals surface area contributed by atoms with E-state index in [1.807, 2.05) is 24.3 Å². The normalized spacial score (nSPS) is 15.8. The molecule has 1 atom stereocenters. The third kappa shape index (κ3) is 1.75. The van der Waals surface area contributed by atoms with E-state index in [-0.39, 0.29) is 17.9 Å². The predicted molar refractivity (Wildman–Crippen MR) is 97.5 cm³/mol. The molecule has 0 saturated heterocycles. The van der Waals surface area contributed by atoms with Gasteiger partial charge in [0.2, 0.25) is 0 Å². The lowest BCUT2D eigenvalue weighted by atomic mass is 9.94. The Balaban J connectivity index is 2.00. The standard InChI is InChI=1S/C20H14N2O4/c23-18-11-6-1-2-7-12(11)19(24)22-15(20(25)26)9-13-10-5-3-4-8-14(10)21-16(13)17(18)22/h1-8,15,21,23H,9H2,(H,25,26)/t15-/m0/s1. The molecule has 0 fully saturated rings. The first-order valence-corrected chi connectivity index (χ1v) is 8.27. The van der Waals surface area contributed by atoms with Crippen LogP contribution in [0.15, 0.2) is 53.3 Å². The number of nitrogens with zero attached hydrogens (tertiary/aromatic N) is 1. The first-order chi connectivity index (χ1) is 12.6. The van der Waals surface area contributed by atoms with Crippen molar-refractivity contribution in [2.45, 2.75) is 12.5 Å². The van der Waals surface area contributed by atoms with Gasteiger partial charge in [-0.2, -0.15) is 0 Å². The number of rotatable bonds is 1. The molecule has 1 aliphatic rings. The van der Waals surface area contributed by atoms with Gasteiger partial charge in [-0.3, -0.25) is 9.36 Å². The molecule has 6 nitrogen and oxygen atoms in total. The number of fused-ring (bicyclic) bond motifs is 6. The van der Waals surface area contributed by atoms with Crippen LogP contribution in [0.5, 0.6) is 5.75 Å². The third-order valence-corrected chi connectivity index (χ3v) is 5.14. The number of H-pyrrole nitrogens is 1. The number of hydrogen-bond donors (Lipinski definition) is 3. The largest absolute Gasteiger partial charge is 0.505 e. The lowest BCUT2D eigenvalue weighted by Crippen LogP contribution is -2.35. The van der Waals surface area contributed by atoms with Gasteiger partial charge >= 0.3 is 5.97 Å². The number of para-hydroxylation sites is 1. The minimum atomic E-state index is -1.10. The second kappa shape index (κ2) is 4.98. The molecule has 3 heterocycles. The molecule has 5 rings (SSSR count). The average molecular weight is 346 g/mol. The van der Waals surface area contributed by atoms with Crippen LogP contribution < -0.4 is 5.56 Å². The molecule has 0 saturated carbocycles. The summed E-state index contributed by atoms with van der Waals surface area (Å²) in [6.07, 6.45) is 0.180. The molecule has 2 aromatic carbocycles. The van der Waals surface area contributed by atoms with E-state index in [1.54, 1.807) is 24.3 Å². The summed E-state index contributed by atoms with van der Waals surface area (Å²) in [6.45, 7) is 0. The highest BCUT2D eigenvalue weighted by Gasteiger charge is 2.35. The van der Waals surface area contributed by atoms with Crippen molar-refractivity contribution in [3.05, 3.63) is 64.4 Å². The van der Waals surface area contributed by atoms with Crippen LogP contribution in [0, 0.1) is 0 Å². The number of carboxylic acid groups (broad SMARTS) is 1. The number of aromatic hydroxyl groups is 1. The number of aromatic nitrogens is 2. The number of aliphatic carboxylic acids is 1. The fraction of sp³-hybridized carbons (Fsp3) is 0.100. The van der Waals surface area contributed by atoms with Crippen LogP contribution in [0.25, 0.3) is 33.1 Å². The Hall–Kier alpha value is -3.54. The fourth-order valence-electron chi connectivity index (χ4n) is 3.98. The van der Waals surface area contributed by atoms with Gasteiger partial charge in [0.1, 0.15) is 17.5 Å².